The van der Waals surface area contributed by atoms with Gasteiger partial charge in [0.05, 0.1) is 5.69 Å². The number of fused-ring (bicyclic) bond motifs is 1. The van der Waals surface area contributed by atoms with E-state index in [1.165, 1.54) is 11.0 Å². The first-order valence-electron chi connectivity index (χ1n) is 13.6. The molecule has 1 heterocycles. The Kier molecular flexibility index (Phi) is 8.24. The van der Waals surface area contributed by atoms with Crippen molar-refractivity contribution in [2.45, 2.75) is 19.3 Å². The lowest BCUT2D eigenvalue weighted by Crippen LogP contribution is -2.33. The standard InChI is InChI=1S/C34H29F2N3O3/c1-2-37-31(40)22-29-28-14-8-9-15-30(28)39(21-20-34(29,35)36)33(42)24-16-18-25(19-17-24)38-32(41)27-13-7-6-12-26(27)23-10-4-3-5-11-23/h3-19,22H,2,20-21H2,1H3,(H,37,40)(H,38,41)/b29-22-. The van der Waals surface area contributed by atoms with Gasteiger partial charge in [0.25, 0.3) is 17.7 Å². The van der Waals surface area contributed by atoms with Gasteiger partial charge in [0, 0.05) is 53.5 Å². The summed E-state index contributed by atoms with van der Waals surface area (Å²) in [7, 11) is 0. The monoisotopic (exact) mass is 565 g/mol. The fourth-order valence-corrected chi connectivity index (χ4v) is 4.99. The Hall–Kier alpha value is -5.11. The molecule has 6 nitrogen and oxygen atoms in total. The summed E-state index contributed by atoms with van der Waals surface area (Å²) in [4.78, 5) is 40.3. The van der Waals surface area contributed by atoms with Crippen LogP contribution in [0.5, 0.6) is 0 Å². The number of benzene rings is 4. The number of carbonyl (C=O) groups excluding carboxylic acids is 3. The van der Waals surface area contributed by atoms with Crippen LogP contribution in [0.15, 0.2) is 109 Å². The van der Waals surface area contributed by atoms with Crippen molar-refractivity contribution in [2.24, 2.45) is 0 Å². The molecular weight excluding hydrogens is 536 g/mol. The molecular formula is C34H29F2N3O3. The average Bonchev–Trinajstić information content (AvgIpc) is 3.11. The Labute approximate surface area is 242 Å². The van der Waals surface area contributed by atoms with Gasteiger partial charge in [0.2, 0.25) is 5.91 Å². The smallest absolute Gasteiger partial charge is 0.275 e. The molecule has 42 heavy (non-hydrogen) atoms. The SMILES string of the molecule is CCNC(=O)/C=C1/c2ccccc2N(C(=O)c2ccc(NC(=O)c3ccccc3-c3ccccc3)cc2)CCC1(F)F. The molecule has 0 unspecified atom stereocenters. The second kappa shape index (κ2) is 12.2. The molecule has 1 aliphatic rings. The lowest BCUT2D eigenvalue weighted by molar-refractivity contribution is -0.116. The van der Waals surface area contributed by atoms with Gasteiger partial charge in [0.1, 0.15) is 0 Å². The summed E-state index contributed by atoms with van der Waals surface area (Å²) in [5.74, 6) is -4.71. The molecule has 0 saturated heterocycles. The lowest BCUT2D eigenvalue weighted by atomic mass is 9.97. The fraction of sp³-hybridized carbons (Fsp3) is 0.147. The number of nitrogens with one attached hydrogen (secondary N) is 2. The summed E-state index contributed by atoms with van der Waals surface area (Å²) in [5.41, 5.74) is 2.96. The molecule has 5 rings (SSSR count). The predicted molar refractivity (Wildman–Crippen MR) is 161 cm³/mol. The number of anilines is 2. The van der Waals surface area contributed by atoms with Crippen molar-refractivity contribution in [1.82, 2.24) is 5.32 Å². The number of rotatable bonds is 6. The molecule has 0 spiro atoms. The van der Waals surface area contributed by atoms with E-state index in [4.69, 9.17) is 0 Å². The first-order chi connectivity index (χ1) is 20.3. The first kappa shape index (κ1) is 28.4. The summed E-state index contributed by atoms with van der Waals surface area (Å²) >= 11 is 0. The maximum atomic E-state index is 15.3. The van der Waals surface area contributed by atoms with Crippen LogP contribution in [-0.4, -0.2) is 36.7 Å². The van der Waals surface area contributed by atoms with Crippen molar-refractivity contribution in [3.05, 3.63) is 126 Å². The fourth-order valence-electron chi connectivity index (χ4n) is 4.99. The molecule has 212 valence electrons. The van der Waals surface area contributed by atoms with E-state index >= 15 is 8.78 Å². The van der Waals surface area contributed by atoms with E-state index < -0.39 is 29.7 Å². The summed E-state index contributed by atoms with van der Waals surface area (Å²) in [6.45, 7) is 1.76. The topological polar surface area (TPSA) is 78.5 Å². The molecule has 0 saturated carbocycles. The number of amides is 3. The second-order valence-electron chi connectivity index (χ2n) is 9.82. The molecule has 0 radical (unpaired) electrons. The molecule has 0 aliphatic carbocycles. The molecule has 0 fully saturated rings. The zero-order valence-corrected chi connectivity index (χ0v) is 22.9. The van der Waals surface area contributed by atoms with Gasteiger partial charge in [-0.05, 0) is 54.4 Å². The maximum absolute atomic E-state index is 15.3. The van der Waals surface area contributed by atoms with Crippen LogP contribution in [0.25, 0.3) is 16.7 Å². The van der Waals surface area contributed by atoms with Gasteiger partial charge in [0.15, 0.2) is 0 Å². The van der Waals surface area contributed by atoms with Crippen LogP contribution < -0.4 is 15.5 Å². The number of carbonyl (C=O) groups is 3. The molecule has 0 bridgehead atoms. The number of hydrogen-bond acceptors (Lipinski definition) is 3. The van der Waals surface area contributed by atoms with Crippen LogP contribution in [0.2, 0.25) is 0 Å². The largest absolute Gasteiger partial charge is 0.353 e. The number of halogens is 2. The normalized spacial score (nSPS) is 14.9. The number of nitrogens with zero attached hydrogens (tertiary/aromatic N) is 1. The highest BCUT2D eigenvalue weighted by atomic mass is 19.3. The third-order valence-corrected chi connectivity index (χ3v) is 7.05. The second-order valence-corrected chi connectivity index (χ2v) is 9.82. The molecule has 0 aromatic heterocycles. The predicted octanol–water partition coefficient (Wildman–Crippen LogP) is 6.81. The van der Waals surface area contributed by atoms with Gasteiger partial charge in [-0.1, -0.05) is 66.7 Å². The molecule has 1 aliphatic heterocycles. The van der Waals surface area contributed by atoms with Crippen molar-refractivity contribution >= 4 is 34.7 Å². The zero-order valence-electron chi connectivity index (χ0n) is 22.9. The van der Waals surface area contributed by atoms with E-state index in [1.54, 1.807) is 61.5 Å². The lowest BCUT2D eigenvalue weighted by Gasteiger charge is -2.23. The summed E-state index contributed by atoms with van der Waals surface area (Å²) in [6.07, 6.45) is 0.275. The minimum Gasteiger partial charge on any atom is -0.353 e. The van der Waals surface area contributed by atoms with Crippen molar-refractivity contribution < 1.29 is 23.2 Å². The van der Waals surface area contributed by atoms with Crippen LogP contribution >= 0.6 is 0 Å². The minimum atomic E-state index is -3.32. The highest BCUT2D eigenvalue weighted by Crippen LogP contribution is 2.43. The van der Waals surface area contributed by atoms with E-state index in [2.05, 4.69) is 10.6 Å². The maximum Gasteiger partial charge on any atom is 0.275 e. The number of alkyl halides is 2. The van der Waals surface area contributed by atoms with Gasteiger partial charge in [-0.3, -0.25) is 14.4 Å². The van der Waals surface area contributed by atoms with E-state index in [0.717, 1.165) is 17.2 Å². The van der Waals surface area contributed by atoms with Crippen molar-refractivity contribution in [2.75, 3.05) is 23.3 Å². The summed E-state index contributed by atoms with van der Waals surface area (Å²) in [5, 5.41) is 5.40. The van der Waals surface area contributed by atoms with Crippen LogP contribution in [0.1, 0.15) is 39.6 Å². The first-order valence-corrected chi connectivity index (χ1v) is 13.6. The van der Waals surface area contributed by atoms with Gasteiger partial charge in [-0.15, -0.1) is 0 Å². The molecule has 8 heteroatoms. The number of allylic oxidation sites excluding steroid dienone is 1. The third kappa shape index (κ3) is 5.98. The van der Waals surface area contributed by atoms with E-state index in [1.807, 2.05) is 42.5 Å². The number of hydrogen-bond donors (Lipinski definition) is 2. The van der Waals surface area contributed by atoms with E-state index in [0.29, 0.717) is 23.5 Å². The van der Waals surface area contributed by atoms with Gasteiger partial charge < -0.3 is 15.5 Å². The van der Waals surface area contributed by atoms with Gasteiger partial charge in [-0.25, -0.2) is 8.78 Å². The Morgan fingerprint density at radius 2 is 1.48 bits per heavy atom. The minimum absolute atomic E-state index is 0.126. The van der Waals surface area contributed by atoms with Crippen LogP contribution in [0.3, 0.4) is 0 Å². The average molecular weight is 566 g/mol. The van der Waals surface area contributed by atoms with E-state index in [-0.39, 0.29) is 23.6 Å². The number of para-hydroxylation sites is 1. The Bertz CT molecular complexity index is 1650. The Morgan fingerprint density at radius 3 is 2.19 bits per heavy atom. The van der Waals surface area contributed by atoms with Crippen molar-refractivity contribution in [3.63, 3.8) is 0 Å². The third-order valence-electron chi connectivity index (χ3n) is 7.05. The molecule has 4 aromatic rings. The van der Waals surface area contributed by atoms with E-state index in [9.17, 15) is 14.4 Å². The van der Waals surface area contributed by atoms with Crippen LogP contribution in [0.4, 0.5) is 20.2 Å². The van der Waals surface area contributed by atoms with Crippen molar-refractivity contribution in [3.8, 4) is 11.1 Å². The molecule has 3 amide bonds. The molecule has 4 aromatic carbocycles. The quantitative estimate of drug-likeness (QED) is 0.252. The zero-order chi connectivity index (χ0) is 29.7. The molecule has 0 atom stereocenters. The Morgan fingerprint density at radius 1 is 0.833 bits per heavy atom. The van der Waals surface area contributed by atoms with Crippen molar-refractivity contribution in [1.29, 1.82) is 0 Å². The van der Waals surface area contributed by atoms with Crippen LogP contribution in [-0.2, 0) is 4.79 Å². The van der Waals surface area contributed by atoms with Gasteiger partial charge >= 0.3 is 0 Å². The highest BCUT2D eigenvalue weighted by Gasteiger charge is 2.41. The van der Waals surface area contributed by atoms with Crippen LogP contribution in [0, 0.1) is 0 Å². The molecule has 2 N–H and O–H groups in total. The number of likely N-dealkylation sites (N-methyl/N-ethyl adjacent to an activating group) is 1. The van der Waals surface area contributed by atoms with Gasteiger partial charge in [-0.2, -0.15) is 0 Å². The summed E-state index contributed by atoms with van der Waals surface area (Å²) in [6, 6.07) is 29.6. The highest BCUT2D eigenvalue weighted by molar-refractivity contribution is 6.11. The summed E-state index contributed by atoms with van der Waals surface area (Å²) < 4.78 is 30.5. The Balaban J connectivity index is 1.39.